The lowest BCUT2D eigenvalue weighted by Gasteiger charge is -2.07. The van der Waals surface area contributed by atoms with Crippen LogP contribution in [0.15, 0.2) is 40.3 Å². The SMILES string of the molecule is Cc1ncc(CNS(=O)(=O)c2cccc(S(C)(=O)=O)c2)s1. The molecule has 0 aliphatic rings. The molecule has 6 nitrogen and oxygen atoms in total. The molecule has 1 aromatic carbocycles. The van der Waals surface area contributed by atoms with Gasteiger partial charge < -0.3 is 0 Å². The number of nitrogens with zero attached hydrogens (tertiary/aromatic N) is 1. The molecule has 114 valence electrons. The Morgan fingerprint density at radius 3 is 2.43 bits per heavy atom. The number of sulfone groups is 1. The quantitative estimate of drug-likeness (QED) is 0.882. The highest BCUT2D eigenvalue weighted by Crippen LogP contribution is 2.17. The summed E-state index contributed by atoms with van der Waals surface area (Å²) in [5.74, 6) is 0. The Bertz CT molecular complexity index is 854. The fraction of sp³-hybridized carbons (Fsp3) is 0.250. The van der Waals surface area contributed by atoms with Gasteiger partial charge in [0.2, 0.25) is 10.0 Å². The number of rotatable bonds is 5. The number of hydrogen-bond acceptors (Lipinski definition) is 6. The van der Waals surface area contributed by atoms with Gasteiger partial charge in [-0.05, 0) is 25.1 Å². The van der Waals surface area contributed by atoms with E-state index in [0.717, 1.165) is 22.2 Å². The van der Waals surface area contributed by atoms with Gasteiger partial charge in [0, 0.05) is 23.9 Å². The minimum atomic E-state index is -3.77. The van der Waals surface area contributed by atoms with E-state index in [2.05, 4.69) is 9.71 Å². The molecule has 1 heterocycles. The zero-order chi connectivity index (χ0) is 15.7. The zero-order valence-electron chi connectivity index (χ0n) is 11.4. The first kappa shape index (κ1) is 16.1. The van der Waals surface area contributed by atoms with Crippen LogP contribution >= 0.6 is 11.3 Å². The predicted octanol–water partition coefficient (Wildman–Crippen LogP) is 1.33. The second-order valence-corrected chi connectivity index (χ2v) is 9.52. The molecule has 0 atom stereocenters. The average Bonchev–Trinajstić information content (AvgIpc) is 2.82. The number of benzene rings is 1. The van der Waals surface area contributed by atoms with Crippen molar-refractivity contribution in [3.63, 3.8) is 0 Å². The van der Waals surface area contributed by atoms with Crippen molar-refractivity contribution in [3.05, 3.63) is 40.3 Å². The number of sulfonamides is 1. The third-order valence-electron chi connectivity index (χ3n) is 2.65. The first-order chi connectivity index (χ1) is 9.68. The summed E-state index contributed by atoms with van der Waals surface area (Å²) in [6.07, 6.45) is 2.64. The summed E-state index contributed by atoms with van der Waals surface area (Å²) in [6.45, 7) is 1.95. The third-order valence-corrected chi connectivity index (χ3v) is 6.07. The molecular weight excluding hydrogens is 332 g/mol. The van der Waals surface area contributed by atoms with Gasteiger partial charge in [0.25, 0.3) is 0 Å². The molecule has 0 spiro atoms. The molecule has 0 fully saturated rings. The van der Waals surface area contributed by atoms with Gasteiger partial charge in [0.1, 0.15) is 0 Å². The van der Waals surface area contributed by atoms with Crippen LogP contribution in [0.25, 0.3) is 0 Å². The van der Waals surface area contributed by atoms with Crippen molar-refractivity contribution < 1.29 is 16.8 Å². The molecule has 2 rings (SSSR count). The van der Waals surface area contributed by atoms with E-state index in [1.165, 1.54) is 29.5 Å². The molecule has 0 bridgehead atoms. The lowest BCUT2D eigenvalue weighted by Crippen LogP contribution is -2.23. The van der Waals surface area contributed by atoms with Crippen molar-refractivity contribution in [2.75, 3.05) is 6.26 Å². The van der Waals surface area contributed by atoms with Crippen molar-refractivity contribution in [2.24, 2.45) is 0 Å². The van der Waals surface area contributed by atoms with Crippen molar-refractivity contribution in [1.82, 2.24) is 9.71 Å². The number of nitrogens with one attached hydrogen (secondary N) is 1. The van der Waals surface area contributed by atoms with Crippen LogP contribution in [-0.4, -0.2) is 28.1 Å². The van der Waals surface area contributed by atoms with Crippen LogP contribution in [0.5, 0.6) is 0 Å². The minimum Gasteiger partial charge on any atom is -0.250 e. The van der Waals surface area contributed by atoms with Gasteiger partial charge in [-0.15, -0.1) is 11.3 Å². The maximum Gasteiger partial charge on any atom is 0.240 e. The molecular formula is C12H14N2O4S3. The number of aryl methyl sites for hydroxylation is 1. The lowest BCUT2D eigenvalue weighted by atomic mass is 10.4. The summed E-state index contributed by atoms with van der Waals surface area (Å²) in [4.78, 5) is 4.72. The summed E-state index contributed by atoms with van der Waals surface area (Å²) in [5.41, 5.74) is 0. The molecule has 0 saturated heterocycles. The highest BCUT2D eigenvalue weighted by atomic mass is 32.2. The summed E-state index contributed by atoms with van der Waals surface area (Å²) in [7, 11) is -7.22. The molecule has 0 aliphatic carbocycles. The van der Waals surface area contributed by atoms with E-state index >= 15 is 0 Å². The second kappa shape index (κ2) is 5.84. The second-order valence-electron chi connectivity index (χ2n) is 4.42. The van der Waals surface area contributed by atoms with E-state index in [1.807, 2.05) is 6.92 Å². The van der Waals surface area contributed by atoms with Crippen molar-refractivity contribution in [2.45, 2.75) is 23.3 Å². The van der Waals surface area contributed by atoms with Crippen LogP contribution in [0, 0.1) is 6.92 Å². The summed E-state index contributed by atoms with van der Waals surface area (Å²) in [5, 5.41) is 0.850. The standard InChI is InChI=1S/C12H14N2O4S3/c1-9-13-7-10(19-9)8-14-21(17,18)12-5-3-4-11(6-12)20(2,15)16/h3-7,14H,8H2,1-2H3. The third kappa shape index (κ3) is 4.10. The molecule has 0 amide bonds. The van der Waals surface area contributed by atoms with Crippen molar-refractivity contribution in [1.29, 1.82) is 0 Å². The van der Waals surface area contributed by atoms with Gasteiger partial charge in [0.15, 0.2) is 9.84 Å². The fourth-order valence-electron chi connectivity index (χ4n) is 1.61. The highest BCUT2D eigenvalue weighted by molar-refractivity contribution is 7.91. The Labute approximate surface area is 127 Å². The largest absolute Gasteiger partial charge is 0.250 e. The van der Waals surface area contributed by atoms with Gasteiger partial charge in [-0.3, -0.25) is 0 Å². The number of thiazole rings is 1. The minimum absolute atomic E-state index is 0.0287. The van der Waals surface area contributed by atoms with E-state index in [4.69, 9.17) is 0 Å². The molecule has 0 saturated carbocycles. The molecule has 9 heteroatoms. The predicted molar refractivity (Wildman–Crippen MR) is 80.4 cm³/mol. The summed E-state index contributed by atoms with van der Waals surface area (Å²) < 4.78 is 49.7. The van der Waals surface area contributed by atoms with Crippen LogP contribution in [0.1, 0.15) is 9.88 Å². The zero-order valence-corrected chi connectivity index (χ0v) is 13.8. The molecule has 1 aromatic heterocycles. The average molecular weight is 346 g/mol. The topological polar surface area (TPSA) is 93.2 Å². The van der Waals surface area contributed by atoms with E-state index < -0.39 is 19.9 Å². The van der Waals surface area contributed by atoms with E-state index in [9.17, 15) is 16.8 Å². The van der Waals surface area contributed by atoms with Gasteiger partial charge in [-0.2, -0.15) is 0 Å². The highest BCUT2D eigenvalue weighted by Gasteiger charge is 2.17. The smallest absolute Gasteiger partial charge is 0.240 e. The normalized spacial score (nSPS) is 12.5. The van der Waals surface area contributed by atoms with Crippen LogP contribution in [0.4, 0.5) is 0 Å². The Balaban J connectivity index is 2.23. The summed E-state index contributed by atoms with van der Waals surface area (Å²) >= 11 is 1.40. The van der Waals surface area contributed by atoms with E-state index in [0.29, 0.717) is 0 Å². The lowest BCUT2D eigenvalue weighted by molar-refractivity contribution is 0.581. The Morgan fingerprint density at radius 1 is 1.19 bits per heavy atom. The Hall–Kier alpha value is -1.29. The monoisotopic (exact) mass is 346 g/mol. The molecule has 0 aliphatic heterocycles. The van der Waals surface area contributed by atoms with Gasteiger partial charge >= 0.3 is 0 Å². The summed E-state index contributed by atoms with van der Waals surface area (Å²) in [6, 6.07) is 5.27. The number of hydrogen-bond donors (Lipinski definition) is 1. The van der Waals surface area contributed by atoms with Gasteiger partial charge in [-0.25, -0.2) is 26.5 Å². The van der Waals surface area contributed by atoms with E-state index in [-0.39, 0.29) is 16.3 Å². The van der Waals surface area contributed by atoms with Crippen LogP contribution in [-0.2, 0) is 26.4 Å². The van der Waals surface area contributed by atoms with Crippen LogP contribution in [0.2, 0.25) is 0 Å². The van der Waals surface area contributed by atoms with Crippen LogP contribution < -0.4 is 4.72 Å². The Morgan fingerprint density at radius 2 is 1.86 bits per heavy atom. The van der Waals surface area contributed by atoms with E-state index in [1.54, 1.807) is 6.20 Å². The maximum absolute atomic E-state index is 12.2. The molecule has 2 aromatic rings. The van der Waals surface area contributed by atoms with Gasteiger partial charge in [-0.1, -0.05) is 6.07 Å². The van der Waals surface area contributed by atoms with Gasteiger partial charge in [0.05, 0.1) is 14.8 Å². The van der Waals surface area contributed by atoms with Crippen molar-refractivity contribution in [3.8, 4) is 0 Å². The van der Waals surface area contributed by atoms with Crippen molar-refractivity contribution >= 4 is 31.2 Å². The Kier molecular flexibility index (Phi) is 4.47. The van der Waals surface area contributed by atoms with Crippen LogP contribution in [0.3, 0.4) is 0 Å². The first-order valence-electron chi connectivity index (χ1n) is 5.89. The molecule has 1 N–H and O–H groups in total. The molecule has 0 radical (unpaired) electrons. The number of aromatic nitrogens is 1. The first-order valence-corrected chi connectivity index (χ1v) is 10.1. The molecule has 21 heavy (non-hydrogen) atoms. The fourth-order valence-corrected chi connectivity index (χ4v) is 4.23. The maximum atomic E-state index is 12.2. The molecule has 0 unspecified atom stereocenters.